The number of hydrogen-bond acceptors (Lipinski definition) is 18. The molecule has 84 heavy (non-hydrogen) atoms. The number of allylic oxidation sites excluding steroid dienone is 3. The van der Waals surface area contributed by atoms with Crippen molar-refractivity contribution < 1.29 is 89.4 Å². The van der Waals surface area contributed by atoms with Crippen LogP contribution in [0, 0.1) is 0 Å². The van der Waals surface area contributed by atoms with Gasteiger partial charge in [0, 0.05) is 6.42 Å². The van der Waals surface area contributed by atoms with Gasteiger partial charge >= 0.3 is 0 Å². The van der Waals surface area contributed by atoms with E-state index in [0.717, 1.165) is 38.5 Å². The number of hydrogen-bond donors (Lipinski definition) is 12. The smallest absolute Gasteiger partial charge is 0.220 e. The van der Waals surface area contributed by atoms with Crippen LogP contribution < -0.4 is 5.32 Å². The van der Waals surface area contributed by atoms with Crippen LogP contribution in [-0.2, 0) is 33.2 Å². The Bertz CT molecular complexity index is 1630. The molecule has 0 aromatic carbocycles. The molecule has 0 spiro atoms. The quantitative estimate of drug-likeness (QED) is 0.0204. The first kappa shape index (κ1) is 76.5. The maximum atomic E-state index is 13.4. The van der Waals surface area contributed by atoms with Crippen molar-refractivity contribution in [2.45, 2.75) is 356 Å². The summed E-state index contributed by atoms with van der Waals surface area (Å²) in [6.07, 6.45) is 25.8. The lowest BCUT2D eigenvalue weighted by Gasteiger charge is -2.48. The first-order valence-electron chi connectivity index (χ1n) is 33.6. The van der Waals surface area contributed by atoms with Gasteiger partial charge in [-0.15, -0.1) is 0 Å². The Morgan fingerprint density at radius 2 is 0.762 bits per heavy atom. The van der Waals surface area contributed by atoms with Gasteiger partial charge in [-0.2, -0.15) is 0 Å². The molecule has 0 aromatic rings. The molecule has 0 bridgehead atoms. The Morgan fingerprint density at radius 3 is 1.19 bits per heavy atom. The molecule has 17 atom stereocenters. The number of rotatable bonds is 51. The minimum absolute atomic E-state index is 0.240. The Morgan fingerprint density at radius 1 is 0.417 bits per heavy atom. The molecule has 3 fully saturated rings. The SMILES string of the molecule is CCCCCCCCCCCCCCCCCC/C=C/CC/C=C/C(O)C(COC1OC(CO)C(OC2OC(CO)C(OC3OC(CO)C(O)C(O)C3O)C(O)C2O)C(O)C1O)NC(=O)CCCCCCCCCCCCCCCCCCC. The average molecular weight is 1200 g/mol. The molecule has 3 saturated heterocycles. The third-order valence-corrected chi connectivity index (χ3v) is 17.0. The van der Waals surface area contributed by atoms with Crippen LogP contribution >= 0.6 is 0 Å². The fraction of sp³-hybridized carbons (Fsp3) is 0.923. The molecule has 0 saturated carbocycles. The van der Waals surface area contributed by atoms with E-state index in [1.807, 2.05) is 6.08 Å². The number of aliphatic hydroxyl groups excluding tert-OH is 11. The average Bonchev–Trinajstić information content (AvgIpc) is 2.87. The van der Waals surface area contributed by atoms with Crippen LogP contribution in [0.15, 0.2) is 24.3 Å². The van der Waals surface area contributed by atoms with Gasteiger partial charge in [-0.25, -0.2) is 0 Å². The summed E-state index contributed by atoms with van der Waals surface area (Å²) < 4.78 is 34.3. The van der Waals surface area contributed by atoms with Crippen LogP contribution in [0.4, 0.5) is 0 Å². The molecule has 17 unspecified atom stereocenters. The van der Waals surface area contributed by atoms with E-state index in [9.17, 15) is 61.0 Å². The highest BCUT2D eigenvalue weighted by Crippen LogP contribution is 2.33. The predicted octanol–water partition coefficient (Wildman–Crippen LogP) is 7.88. The summed E-state index contributed by atoms with van der Waals surface area (Å²) >= 11 is 0. The molecule has 0 aliphatic carbocycles. The lowest BCUT2D eigenvalue weighted by atomic mass is 9.96. The highest BCUT2D eigenvalue weighted by Gasteiger charge is 2.53. The van der Waals surface area contributed by atoms with E-state index in [0.29, 0.717) is 12.8 Å². The summed E-state index contributed by atoms with van der Waals surface area (Å²) in [5, 5.41) is 120. The lowest BCUT2D eigenvalue weighted by Crippen LogP contribution is -2.66. The van der Waals surface area contributed by atoms with E-state index in [2.05, 4.69) is 31.3 Å². The van der Waals surface area contributed by atoms with E-state index in [1.165, 1.54) is 180 Å². The first-order valence-corrected chi connectivity index (χ1v) is 33.6. The molecule has 0 aromatic heterocycles. The van der Waals surface area contributed by atoms with Crippen LogP contribution in [0.1, 0.15) is 251 Å². The van der Waals surface area contributed by atoms with Crippen LogP contribution in [0.25, 0.3) is 0 Å². The van der Waals surface area contributed by atoms with Gasteiger partial charge in [0.25, 0.3) is 0 Å². The third-order valence-electron chi connectivity index (χ3n) is 17.0. The van der Waals surface area contributed by atoms with Gasteiger partial charge in [-0.3, -0.25) is 4.79 Å². The van der Waals surface area contributed by atoms with Crippen LogP contribution in [-0.4, -0.2) is 193 Å². The second kappa shape index (κ2) is 48.2. The minimum Gasteiger partial charge on any atom is -0.394 e. The summed E-state index contributed by atoms with van der Waals surface area (Å²) in [4.78, 5) is 13.4. The highest BCUT2D eigenvalue weighted by atomic mass is 16.8. The molecule has 3 heterocycles. The topological polar surface area (TPSA) is 307 Å². The van der Waals surface area contributed by atoms with Crippen LogP contribution in [0.5, 0.6) is 0 Å². The monoisotopic (exact) mass is 1200 g/mol. The van der Waals surface area contributed by atoms with Gasteiger partial charge in [-0.05, 0) is 32.1 Å². The Labute approximate surface area is 505 Å². The number of amides is 1. The van der Waals surface area contributed by atoms with E-state index >= 15 is 0 Å². The highest BCUT2D eigenvalue weighted by molar-refractivity contribution is 5.76. The molecule has 3 rings (SSSR count). The third kappa shape index (κ3) is 30.7. The fourth-order valence-corrected chi connectivity index (χ4v) is 11.5. The Balaban J connectivity index is 1.47. The maximum Gasteiger partial charge on any atom is 0.220 e. The van der Waals surface area contributed by atoms with Gasteiger partial charge in [0.2, 0.25) is 5.91 Å². The predicted molar refractivity (Wildman–Crippen MR) is 323 cm³/mol. The van der Waals surface area contributed by atoms with E-state index in [-0.39, 0.29) is 18.9 Å². The number of carbonyl (C=O) groups is 1. The van der Waals surface area contributed by atoms with Crippen molar-refractivity contribution in [2.75, 3.05) is 26.4 Å². The Hall–Kier alpha value is -1.73. The zero-order valence-corrected chi connectivity index (χ0v) is 51.9. The van der Waals surface area contributed by atoms with E-state index in [4.69, 9.17) is 28.4 Å². The standard InChI is InChI=1S/C65H121NO18/c1-3-5-7-9-11-13-15-17-19-21-22-23-24-25-27-28-30-32-34-36-38-40-42-49(70)48(66-53(71)43-41-39-37-35-33-31-29-26-20-18-16-14-12-10-8-6-4-2)47-79-63-59(77)56(74)61(51(45-68)81-63)84-65-60(78)57(75)62(52(46-69)82-65)83-64-58(76)55(73)54(72)50(44-67)80-64/h32,34,40,42,48-52,54-65,67-70,72-78H,3-31,33,35-39,41,43-47H2,1-2H3,(H,66,71)/b34-32+,42-40+. The second-order valence-corrected chi connectivity index (χ2v) is 24.3. The second-order valence-electron chi connectivity index (χ2n) is 24.3. The van der Waals surface area contributed by atoms with Crippen molar-refractivity contribution in [3.8, 4) is 0 Å². The Kier molecular flexibility index (Phi) is 43.9. The summed E-state index contributed by atoms with van der Waals surface area (Å²) in [6.45, 7) is 1.74. The van der Waals surface area contributed by atoms with Crippen molar-refractivity contribution in [2.24, 2.45) is 0 Å². The van der Waals surface area contributed by atoms with Crippen molar-refractivity contribution in [3.05, 3.63) is 24.3 Å². The van der Waals surface area contributed by atoms with Crippen LogP contribution in [0.2, 0.25) is 0 Å². The number of unbranched alkanes of at least 4 members (excludes halogenated alkanes) is 33. The zero-order chi connectivity index (χ0) is 61.2. The number of aliphatic hydroxyl groups is 11. The number of carbonyl (C=O) groups excluding carboxylic acids is 1. The summed E-state index contributed by atoms with van der Waals surface area (Å²) in [5.74, 6) is -0.281. The number of ether oxygens (including phenoxy) is 6. The van der Waals surface area contributed by atoms with Crippen LogP contribution in [0.3, 0.4) is 0 Å². The van der Waals surface area contributed by atoms with Gasteiger partial charge in [-0.1, -0.05) is 237 Å². The summed E-state index contributed by atoms with van der Waals surface area (Å²) in [5.41, 5.74) is 0. The zero-order valence-electron chi connectivity index (χ0n) is 51.9. The van der Waals surface area contributed by atoms with Crippen molar-refractivity contribution in [3.63, 3.8) is 0 Å². The molecule has 19 nitrogen and oxygen atoms in total. The molecule has 12 N–H and O–H groups in total. The molecular formula is C65H121NO18. The molecule has 3 aliphatic rings. The summed E-state index contributed by atoms with van der Waals surface area (Å²) in [7, 11) is 0. The minimum atomic E-state index is -1.98. The van der Waals surface area contributed by atoms with Gasteiger partial charge in [0.15, 0.2) is 18.9 Å². The molecule has 494 valence electrons. The summed E-state index contributed by atoms with van der Waals surface area (Å²) in [6, 6.07) is -0.986. The molecule has 3 aliphatic heterocycles. The van der Waals surface area contributed by atoms with E-state index < -0.39 is 124 Å². The molecule has 19 heteroatoms. The molecule has 0 radical (unpaired) electrons. The fourth-order valence-electron chi connectivity index (χ4n) is 11.5. The lowest BCUT2D eigenvalue weighted by molar-refractivity contribution is -0.379. The van der Waals surface area contributed by atoms with Crippen molar-refractivity contribution in [1.82, 2.24) is 5.32 Å². The largest absolute Gasteiger partial charge is 0.394 e. The van der Waals surface area contributed by atoms with Gasteiger partial charge < -0.3 is 89.9 Å². The normalized spacial score (nSPS) is 29.3. The van der Waals surface area contributed by atoms with Crippen molar-refractivity contribution >= 4 is 5.91 Å². The maximum absolute atomic E-state index is 13.4. The number of nitrogens with one attached hydrogen (secondary N) is 1. The molecule has 1 amide bonds. The van der Waals surface area contributed by atoms with Gasteiger partial charge in [0.05, 0.1) is 38.6 Å². The first-order chi connectivity index (χ1) is 40.8. The van der Waals surface area contributed by atoms with Gasteiger partial charge in [0.1, 0.15) is 73.2 Å². The van der Waals surface area contributed by atoms with E-state index in [1.54, 1.807) is 6.08 Å². The van der Waals surface area contributed by atoms with Crippen molar-refractivity contribution in [1.29, 1.82) is 0 Å². The molecular weight excluding hydrogens is 1080 g/mol.